The number of nitrogens with zero attached hydrogens (tertiary/aromatic N) is 1. The molecule has 0 aliphatic heterocycles. The van der Waals surface area contributed by atoms with Crippen molar-refractivity contribution in [3.63, 3.8) is 0 Å². The van der Waals surface area contributed by atoms with Crippen molar-refractivity contribution in [1.82, 2.24) is 10.3 Å². The topological polar surface area (TPSA) is 45.1 Å². The Labute approximate surface area is 103 Å². The first-order valence-electron chi connectivity index (χ1n) is 5.12. The van der Waals surface area contributed by atoms with E-state index >= 15 is 0 Å². The number of aliphatic hydroxyl groups is 1. The third kappa shape index (κ3) is 3.12. The smallest absolute Gasteiger partial charge is 0.124 e. The van der Waals surface area contributed by atoms with Crippen molar-refractivity contribution in [3.8, 4) is 10.6 Å². The SMILES string of the molecule is C[C@H](O)CNCc1cnc(-c2ccsc2)s1. The van der Waals surface area contributed by atoms with Crippen molar-refractivity contribution in [2.75, 3.05) is 6.54 Å². The summed E-state index contributed by atoms with van der Waals surface area (Å²) in [5, 5.41) is 17.5. The fourth-order valence-corrected chi connectivity index (χ4v) is 2.91. The molecule has 2 heterocycles. The molecule has 0 spiro atoms. The van der Waals surface area contributed by atoms with E-state index in [1.54, 1.807) is 29.6 Å². The van der Waals surface area contributed by atoms with Crippen LogP contribution >= 0.6 is 22.7 Å². The summed E-state index contributed by atoms with van der Waals surface area (Å²) in [6.07, 6.45) is 1.59. The molecule has 5 heteroatoms. The maximum Gasteiger partial charge on any atom is 0.124 e. The lowest BCUT2D eigenvalue weighted by molar-refractivity contribution is 0.191. The van der Waals surface area contributed by atoms with Gasteiger partial charge in [0, 0.05) is 35.1 Å². The molecule has 0 aromatic carbocycles. The first kappa shape index (κ1) is 11.7. The minimum absolute atomic E-state index is 0.302. The van der Waals surface area contributed by atoms with E-state index in [-0.39, 0.29) is 6.10 Å². The molecule has 3 nitrogen and oxygen atoms in total. The average molecular weight is 254 g/mol. The Balaban J connectivity index is 1.93. The van der Waals surface area contributed by atoms with Gasteiger partial charge in [0.25, 0.3) is 0 Å². The van der Waals surface area contributed by atoms with E-state index in [2.05, 4.69) is 27.1 Å². The second-order valence-electron chi connectivity index (χ2n) is 3.62. The number of thiophene rings is 1. The molecule has 0 saturated heterocycles. The zero-order valence-corrected chi connectivity index (χ0v) is 10.6. The van der Waals surface area contributed by atoms with Crippen molar-refractivity contribution < 1.29 is 5.11 Å². The largest absolute Gasteiger partial charge is 0.392 e. The molecular weight excluding hydrogens is 240 g/mol. The molecule has 1 atom stereocenters. The van der Waals surface area contributed by atoms with Gasteiger partial charge in [-0.2, -0.15) is 11.3 Å². The van der Waals surface area contributed by atoms with Gasteiger partial charge in [-0.1, -0.05) is 0 Å². The molecular formula is C11H14N2OS2. The summed E-state index contributed by atoms with van der Waals surface area (Å²) in [5.74, 6) is 0. The van der Waals surface area contributed by atoms with Gasteiger partial charge in [0.05, 0.1) is 6.10 Å². The Morgan fingerprint density at radius 1 is 1.56 bits per heavy atom. The lowest BCUT2D eigenvalue weighted by atomic mass is 10.4. The lowest BCUT2D eigenvalue weighted by Gasteiger charge is -2.04. The minimum Gasteiger partial charge on any atom is -0.392 e. The van der Waals surface area contributed by atoms with Crippen molar-refractivity contribution in [3.05, 3.63) is 27.9 Å². The monoisotopic (exact) mass is 254 g/mol. The molecule has 0 unspecified atom stereocenters. The fourth-order valence-electron chi connectivity index (χ4n) is 1.31. The van der Waals surface area contributed by atoms with Gasteiger partial charge in [-0.15, -0.1) is 11.3 Å². The van der Waals surface area contributed by atoms with Crippen LogP contribution in [0.15, 0.2) is 23.0 Å². The Morgan fingerprint density at radius 2 is 2.44 bits per heavy atom. The molecule has 2 rings (SSSR count). The summed E-state index contributed by atoms with van der Waals surface area (Å²) in [6.45, 7) is 3.16. The Morgan fingerprint density at radius 3 is 3.12 bits per heavy atom. The highest BCUT2D eigenvalue weighted by atomic mass is 32.1. The van der Waals surface area contributed by atoms with Gasteiger partial charge in [-0.3, -0.25) is 0 Å². The highest BCUT2D eigenvalue weighted by Crippen LogP contribution is 2.26. The molecule has 16 heavy (non-hydrogen) atoms. The highest BCUT2D eigenvalue weighted by Gasteiger charge is 2.04. The number of thiazole rings is 1. The molecule has 2 N–H and O–H groups in total. The summed E-state index contributed by atoms with van der Waals surface area (Å²) >= 11 is 3.38. The van der Waals surface area contributed by atoms with Crippen LogP contribution in [0.5, 0.6) is 0 Å². The maximum atomic E-state index is 9.11. The third-order valence-electron chi connectivity index (χ3n) is 2.06. The summed E-state index contributed by atoms with van der Waals surface area (Å²) in [6, 6.07) is 2.08. The number of hydrogen-bond donors (Lipinski definition) is 2. The van der Waals surface area contributed by atoms with Crippen LogP contribution in [0.3, 0.4) is 0 Å². The molecule has 0 amide bonds. The van der Waals surface area contributed by atoms with E-state index in [1.165, 1.54) is 10.4 Å². The number of hydrogen-bond acceptors (Lipinski definition) is 5. The van der Waals surface area contributed by atoms with Gasteiger partial charge in [-0.25, -0.2) is 4.98 Å². The summed E-state index contributed by atoms with van der Waals surface area (Å²) in [7, 11) is 0. The Bertz CT molecular complexity index is 423. The number of aromatic nitrogens is 1. The van der Waals surface area contributed by atoms with Gasteiger partial charge < -0.3 is 10.4 Å². The van der Waals surface area contributed by atoms with Crippen LogP contribution in [0.2, 0.25) is 0 Å². The van der Waals surface area contributed by atoms with E-state index in [1.807, 2.05) is 6.20 Å². The van der Waals surface area contributed by atoms with Crippen molar-refractivity contribution in [1.29, 1.82) is 0 Å². The van der Waals surface area contributed by atoms with Crippen LogP contribution in [-0.2, 0) is 6.54 Å². The van der Waals surface area contributed by atoms with Gasteiger partial charge >= 0.3 is 0 Å². The molecule has 0 bridgehead atoms. The average Bonchev–Trinajstić information content (AvgIpc) is 2.85. The second-order valence-corrected chi connectivity index (χ2v) is 5.52. The van der Waals surface area contributed by atoms with Crippen LogP contribution in [0.4, 0.5) is 0 Å². The van der Waals surface area contributed by atoms with Crippen molar-refractivity contribution >= 4 is 22.7 Å². The molecule has 0 aliphatic rings. The van der Waals surface area contributed by atoms with Crippen LogP contribution < -0.4 is 5.32 Å². The standard InChI is InChI=1S/C11H14N2OS2/c1-8(14)4-12-5-10-6-13-11(16-10)9-2-3-15-7-9/h2-3,6-8,12,14H,4-5H2,1H3/t8-/m0/s1. The van der Waals surface area contributed by atoms with E-state index in [0.717, 1.165) is 11.6 Å². The zero-order chi connectivity index (χ0) is 11.4. The highest BCUT2D eigenvalue weighted by molar-refractivity contribution is 7.15. The molecule has 0 fully saturated rings. The van der Waals surface area contributed by atoms with Gasteiger partial charge in [0.1, 0.15) is 5.01 Å². The third-order valence-corrected chi connectivity index (χ3v) is 3.79. The van der Waals surface area contributed by atoms with Crippen LogP contribution in [0, 0.1) is 0 Å². The van der Waals surface area contributed by atoms with Crippen LogP contribution in [-0.4, -0.2) is 22.7 Å². The molecule has 86 valence electrons. The summed E-state index contributed by atoms with van der Waals surface area (Å²) < 4.78 is 0. The first-order valence-corrected chi connectivity index (χ1v) is 6.87. The van der Waals surface area contributed by atoms with E-state index < -0.39 is 0 Å². The molecule has 0 radical (unpaired) electrons. The second kappa shape index (κ2) is 5.54. The molecule has 0 aliphatic carbocycles. The number of nitrogens with one attached hydrogen (secondary N) is 1. The van der Waals surface area contributed by atoms with Gasteiger partial charge in [0.2, 0.25) is 0 Å². The number of rotatable bonds is 5. The van der Waals surface area contributed by atoms with Crippen molar-refractivity contribution in [2.45, 2.75) is 19.6 Å². The minimum atomic E-state index is -0.302. The maximum absolute atomic E-state index is 9.11. The van der Waals surface area contributed by atoms with E-state index in [4.69, 9.17) is 5.11 Å². The number of aliphatic hydroxyl groups excluding tert-OH is 1. The molecule has 2 aromatic heterocycles. The predicted octanol–water partition coefficient (Wildman–Crippen LogP) is 2.34. The Kier molecular flexibility index (Phi) is 4.06. The van der Waals surface area contributed by atoms with E-state index in [0.29, 0.717) is 6.54 Å². The molecule has 0 saturated carbocycles. The molecule has 2 aromatic rings. The van der Waals surface area contributed by atoms with Crippen LogP contribution in [0.25, 0.3) is 10.6 Å². The van der Waals surface area contributed by atoms with Gasteiger partial charge in [0.15, 0.2) is 0 Å². The van der Waals surface area contributed by atoms with Crippen molar-refractivity contribution in [2.24, 2.45) is 0 Å². The lowest BCUT2D eigenvalue weighted by Crippen LogP contribution is -2.23. The first-order chi connectivity index (χ1) is 7.75. The van der Waals surface area contributed by atoms with Gasteiger partial charge in [-0.05, 0) is 18.4 Å². The normalized spacial score (nSPS) is 12.9. The quantitative estimate of drug-likeness (QED) is 0.861. The zero-order valence-electron chi connectivity index (χ0n) is 9.01. The summed E-state index contributed by atoms with van der Waals surface area (Å²) in [5.41, 5.74) is 1.19. The fraction of sp³-hybridized carbons (Fsp3) is 0.364. The van der Waals surface area contributed by atoms with Crippen LogP contribution in [0.1, 0.15) is 11.8 Å². The van der Waals surface area contributed by atoms with E-state index in [9.17, 15) is 0 Å². The Hall–Kier alpha value is -0.750. The summed E-state index contributed by atoms with van der Waals surface area (Å²) in [4.78, 5) is 5.58. The predicted molar refractivity (Wildman–Crippen MR) is 68.8 cm³/mol.